The number of hydrogen-bond acceptors (Lipinski definition) is 5. The highest BCUT2D eigenvalue weighted by Gasteiger charge is 2.29. The third kappa shape index (κ3) is 6.15. The van der Waals surface area contributed by atoms with Gasteiger partial charge in [0.1, 0.15) is 12.3 Å². The second-order valence-corrected chi connectivity index (χ2v) is 10.2. The van der Waals surface area contributed by atoms with Gasteiger partial charge in [0.25, 0.3) is 10.0 Å². The zero-order chi connectivity index (χ0) is 23.1. The Morgan fingerprint density at radius 1 is 1.16 bits per heavy atom. The molecular formula is C23H30ClN3O4S. The molecule has 0 aromatic heterocycles. The Labute approximate surface area is 195 Å². The summed E-state index contributed by atoms with van der Waals surface area (Å²) in [5.74, 6) is -0.0731. The highest BCUT2D eigenvalue weighted by molar-refractivity contribution is 7.92. The van der Waals surface area contributed by atoms with Gasteiger partial charge < -0.3 is 15.0 Å². The molecule has 9 heteroatoms. The molecule has 1 N–H and O–H groups in total. The Morgan fingerprint density at radius 3 is 2.50 bits per heavy atom. The number of carbonyl (C=O) groups excluding carboxylic acids is 1. The van der Waals surface area contributed by atoms with E-state index in [-0.39, 0.29) is 23.0 Å². The summed E-state index contributed by atoms with van der Waals surface area (Å²) >= 11 is 6.15. The molecule has 0 atom stereocenters. The van der Waals surface area contributed by atoms with Gasteiger partial charge in [0.05, 0.1) is 17.7 Å². The molecule has 3 rings (SSSR count). The summed E-state index contributed by atoms with van der Waals surface area (Å²) in [7, 11) is -2.59. The first-order valence-electron chi connectivity index (χ1n) is 10.7. The van der Waals surface area contributed by atoms with Gasteiger partial charge in [-0.05, 0) is 76.2 Å². The van der Waals surface area contributed by atoms with Gasteiger partial charge in [-0.2, -0.15) is 0 Å². The Balaban J connectivity index is 1.80. The van der Waals surface area contributed by atoms with E-state index in [0.717, 1.165) is 35.9 Å². The molecule has 1 fully saturated rings. The molecular weight excluding hydrogens is 450 g/mol. The number of aryl methyl sites for hydroxylation is 1. The lowest BCUT2D eigenvalue weighted by atomic mass is 10.2. The monoisotopic (exact) mass is 479 g/mol. The number of nitrogens with zero attached hydrogens (tertiary/aromatic N) is 2. The molecule has 7 nitrogen and oxygen atoms in total. The number of hydrogen-bond donors (Lipinski definition) is 1. The van der Waals surface area contributed by atoms with Gasteiger partial charge in [-0.3, -0.25) is 9.10 Å². The van der Waals surface area contributed by atoms with Gasteiger partial charge in [-0.25, -0.2) is 8.42 Å². The van der Waals surface area contributed by atoms with Crippen molar-refractivity contribution in [1.29, 1.82) is 0 Å². The van der Waals surface area contributed by atoms with Gasteiger partial charge in [0, 0.05) is 11.6 Å². The Hall–Kier alpha value is -2.29. The van der Waals surface area contributed by atoms with E-state index in [2.05, 4.69) is 10.2 Å². The van der Waals surface area contributed by atoms with Crippen LogP contribution in [0.3, 0.4) is 0 Å². The van der Waals surface area contributed by atoms with Crippen molar-refractivity contribution in [2.45, 2.75) is 31.1 Å². The number of amides is 1. The third-order valence-electron chi connectivity index (χ3n) is 5.48. The lowest BCUT2D eigenvalue weighted by Crippen LogP contribution is -2.41. The summed E-state index contributed by atoms with van der Waals surface area (Å²) in [4.78, 5) is 15.2. The Bertz CT molecular complexity index is 1020. The molecule has 174 valence electrons. The molecule has 2 aromatic carbocycles. The molecule has 0 bridgehead atoms. The zero-order valence-electron chi connectivity index (χ0n) is 18.5. The number of carbonyl (C=O) groups is 1. The maximum Gasteiger partial charge on any atom is 0.264 e. The van der Waals surface area contributed by atoms with Crippen LogP contribution in [0.1, 0.15) is 24.8 Å². The van der Waals surface area contributed by atoms with Crippen LogP contribution in [-0.2, 0) is 14.8 Å². The summed E-state index contributed by atoms with van der Waals surface area (Å²) < 4.78 is 33.4. The van der Waals surface area contributed by atoms with Gasteiger partial charge in [-0.15, -0.1) is 0 Å². The predicted molar refractivity (Wildman–Crippen MR) is 127 cm³/mol. The molecule has 2 aromatic rings. The second kappa shape index (κ2) is 11.0. The maximum atomic E-state index is 13.5. The molecule has 0 saturated carbocycles. The minimum atomic E-state index is -4.03. The number of methoxy groups -OCH3 is 1. The molecule has 0 aliphatic carbocycles. The van der Waals surface area contributed by atoms with E-state index in [0.29, 0.717) is 17.3 Å². The molecule has 1 amide bonds. The third-order valence-corrected chi connectivity index (χ3v) is 7.49. The number of nitrogens with one attached hydrogen (secondary N) is 1. The standard InChI is InChI=1S/C23H30ClN3O4S/c1-18-6-9-20(10-7-18)32(29,30)27(21-16-19(24)8-11-22(21)31-2)17-23(28)25-12-5-15-26-13-3-4-14-26/h6-11,16H,3-5,12-15,17H2,1-2H3,(H,25,28). The quantitative estimate of drug-likeness (QED) is 0.528. The van der Waals surface area contributed by atoms with Crippen molar-refractivity contribution in [1.82, 2.24) is 10.2 Å². The van der Waals surface area contributed by atoms with Crippen LogP contribution in [0, 0.1) is 6.92 Å². The molecule has 1 aliphatic heterocycles. The van der Waals surface area contributed by atoms with Crippen LogP contribution < -0.4 is 14.4 Å². The molecule has 1 heterocycles. The van der Waals surface area contributed by atoms with Crippen LogP contribution in [0.4, 0.5) is 5.69 Å². The summed E-state index contributed by atoms with van der Waals surface area (Å²) in [6.07, 6.45) is 3.26. The second-order valence-electron chi connectivity index (χ2n) is 7.89. The van der Waals surface area contributed by atoms with Crippen molar-refractivity contribution in [2.75, 3.05) is 44.1 Å². The van der Waals surface area contributed by atoms with Gasteiger partial charge in [0.2, 0.25) is 5.91 Å². The fourth-order valence-electron chi connectivity index (χ4n) is 3.72. The summed E-state index contributed by atoms with van der Waals surface area (Å²) in [5.41, 5.74) is 1.15. The first kappa shape index (κ1) is 24.4. The summed E-state index contributed by atoms with van der Waals surface area (Å²) in [5, 5.41) is 3.19. The van der Waals surface area contributed by atoms with Crippen molar-refractivity contribution in [3.8, 4) is 5.75 Å². The van der Waals surface area contributed by atoms with Crippen LogP contribution in [0.25, 0.3) is 0 Å². The van der Waals surface area contributed by atoms with E-state index >= 15 is 0 Å². The Kier molecular flexibility index (Phi) is 8.39. The molecule has 0 unspecified atom stereocenters. The number of sulfonamides is 1. The van der Waals surface area contributed by atoms with Crippen molar-refractivity contribution in [2.24, 2.45) is 0 Å². The number of rotatable bonds is 10. The molecule has 0 spiro atoms. The average Bonchev–Trinajstić information content (AvgIpc) is 3.29. The minimum Gasteiger partial charge on any atom is -0.495 e. The van der Waals surface area contributed by atoms with E-state index in [9.17, 15) is 13.2 Å². The number of ether oxygens (including phenoxy) is 1. The van der Waals surface area contributed by atoms with Crippen LogP contribution >= 0.6 is 11.6 Å². The van der Waals surface area contributed by atoms with Crippen molar-refractivity contribution >= 4 is 33.2 Å². The Morgan fingerprint density at radius 2 is 1.84 bits per heavy atom. The molecule has 1 saturated heterocycles. The molecule has 32 heavy (non-hydrogen) atoms. The zero-order valence-corrected chi connectivity index (χ0v) is 20.1. The maximum absolute atomic E-state index is 13.5. The largest absolute Gasteiger partial charge is 0.495 e. The van der Waals surface area contributed by atoms with E-state index in [4.69, 9.17) is 16.3 Å². The van der Waals surface area contributed by atoms with Crippen molar-refractivity contribution in [3.05, 3.63) is 53.1 Å². The van der Waals surface area contributed by atoms with Crippen molar-refractivity contribution in [3.63, 3.8) is 0 Å². The van der Waals surface area contributed by atoms with E-state index in [1.165, 1.54) is 38.2 Å². The fraction of sp³-hybridized carbons (Fsp3) is 0.435. The average molecular weight is 480 g/mol. The molecule has 1 aliphatic rings. The number of anilines is 1. The number of benzene rings is 2. The lowest BCUT2D eigenvalue weighted by Gasteiger charge is -2.26. The van der Waals surface area contributed by atoms with Crippen LogP contribution in [0.5, 0.6) is 5.75 Å². The number of halogens is 1. The van der Waals surface area contributed by atoms with Crippen molar-refractivity contribution < 1.29 is 17.9 Å². The first-order chi connectivity index (χ1) is 15.3. The molecule has 0 radical (unpaired) electrons. The van der Waals surface area contributed by atoms with Crippen LogP contribution in [0.15, 0.2) is 47.4 Å². The summed E-state index contributed by atoms with van der Waals surface area (Å²) in [6.45, 7) is 5.12. The lowest BCUT2D eigenvalue weighted by molar-refractivity contribution is -0.119. The van der Waals surface area contributed by atoms with Gasteiger partial charge >= 0.3 is 0 Å². The van der Waals surface area contributed by atoms with Gasteiger partial charge in [-0.1, -0.05) is 29.3 Å². The normalized spacial score (nSPS) is 14.3. The predicted octanol–water partition coefficient (Wildman–Crippen LogP) is 3.45. The number of likely N-dealkylation sites (tertiary alicyclic amines) is 1. The van der Waals surface area contributed by atoms with Crippen LogP contribution in [-0.4, -0.2) is 59.1 Å². The van der Waals surface area contributed by atoms with Crippen LogP contribution in [0.2, 0.25) is 5.02 Å². The van der Waals surface area contributed by atoms with E-state index < -0.39 is 10.0 Å². The minimum absolute atomic E-state index is 0.0898. The highest BCUT2D eigenvalue weighted by atomic mass is 35.5. The van der Waals surface area contributed by atoms with E-state index in [1.54, 1.807) is 24.3 Å². The van der Waals surface area contributed by atoms with Gasteiger partial charge in [0.15, 0.2) is 0 Å². The highest BCUT2D eigenvalue weighted by Crippen LogP contribution is 2.34. The summed E-state index contributed by atoms with van der Waals surface area (Å²) in [6, 6.07) is 11.2. The topological polar surface area (TPSA) is 79.0 Å². The fourth-order valence-corrected chi connectivity index (χ4v) is 5.31. The van der Waals surface area contributed by atoms with E-state index in [1.807, 2.05) is 6.92 Å². The first-order valence-corrected chi connectivity index (χ1v) is 12.5. The SMILES string of the molecule is COc1ccc(Cl)cc1N(CC(=O)NCCCN1CCCC1)S(=O)(=O)c1ccc(C)cc1. The smallest absolute Gasteiger partial charge is 0.264 e.